The van der Waals surface area contributed by atoms with Gasteiger partial charge in [0.2, 0.25) is 0 Å². The van der Waals surface area contributed by atoms with Crippen molar-refractivity contribution in [3.63, 3.8) is 0 Å². The minimum absolute atomic E-state index is 0.406. The van der Waals surface area contributed by atoms with E-state index in [2.05, 4.69) is 4.90 Å². The first-order chi connectivity index (χ1) is 9.74. The predicted molar refractivity (Wildman–Crippen MR) is 82.2 cm³/mol. The fourth-order valence-electron chi connectivity index (χ4n) is 3.64. The van der Waals surface area contributed by atoms with Crippen molar-refractivity contribution in [3.05, 3.63) is 29.3 Å². The van der Waals surface area contributed by atoms with Crippen LogP contribution in [0.5, 0.6) is 5.75 Å². The first kappa shape index (κ1) is 14.2. The Morgan fingerprint density at radius 3 is 2.90 bits per heavy atom. The lowest BCUT2D eigenvalue weighted by molar-refractivity contribution is 0.229. The largest absolute Gasteiger partial charge is 0.491 e. The molecular formula is C16H23ClN2O. The molecule has 1 heterocycles. The summed E-state index contributed by atoms with van der Waals surface area (Å²) in [5.41, 5.74) is 6.25. The van der Waals surface area contributed by atoms with Gasteiger partial charge in [-0.25, -0.2) is 0 Å². The number of hydrogen-bond donors (Lipinski definition) is 1. The molecule has 110 valence electrons. The molecule has 4 heteroatoms. The van der Waals surface area contributed by atoms with E-state index in [1.165, 1.54) is 25.8 Å². The Kier molecular flexibility index (Phi) is 4.49. The van der Waals surface area contributed by atoms with Crippen molar-refractivity contribution in [3.8, 4) is 5.75 Å². The Morgan fingerprint density at radius 2 is 2.10 bits per heavy atom. The van der Waals surface area contributed by atoms with Crippen molar-refractivity contribution >= 4 is 11.6 Å². The number of hydrogen-bond acceptors (Lipinski definition) is 3. The van der Waals surface area contributed by atoms with Gasteiger partial charge in [-0.15, -0.1) is 0 Å². The van der Waals surface area contributed by atoms with Crippen LogP contribution in [0.15, 0.2) is 24.3 Å². The average Bonchev–Trinajstić information content (AvgIpc) is 2.85. The van der Waals surface area contributed by atoms with E-state index < -0.39 is 0 Å². The second-order valence-electron chi connectivity index (χ2n) is 6.06. The van der Waals surface area contributed by atoms with Crippen molar-refractivity contribution in [2.45, 2.75) is 25.3 Å². The zero-order valence-electron chi connectivity index (χ0n) is 11.8. The number of nitrogens with two attached hydrogens (primary N) is 1. The van der Waals surface area contributed by atoms with Gasteiger partial charge in [0.05, 0.1) is 5.02 Å². The van der Waals surface area contributed by atoms with Gasteiger partial charge in [-0.3, -0.25) is 4.90 Å². The molecule has 0 bridgehead atoms. The standard InChI is InChI=1S/C16H23ClN2O/c17-14-5-1-2-7-16(14)20-9-8-19-10-12-4-3-6-15(18)13(12)11-19/h1-2,5,7,12-13,15H,3-4,6,8-11,18H2. The Morgan fingerprint density at radius 1 is 1.25 bits per heavy atom. The maximum Gasteiger partial charge on any atom is 0.137 e. The maximum absolute atomic E-state index is 6.25. The molecule has 2 fully saturated rings. The minimum atomic E-state index is 0.406. The van der Waals surface area contributed by atoms with E-state index in [1.54, 1.807) is 0 Å². The van der Waals surface area contributed by atoms with Crippen LogP contribution in [0.4, 0.5) is 0 Å². The molecule has 1 aliphatic carbocycles. The van der Waals surface area contributed by atoms with Crippen LogP contribution in [-0.2, 0) is 0 Å². The van der Waals surface area contributed by atoms with E-state index in [-0.39, 0.29) is 0 Å². The van der Waals surface area contributed by atoms with Crippen LogP contribution in [0.2, 0.25) is 5.02 Å². The van der Waals surface area contributed by atoms with Gasteiger partial charge in [-0.1, -0.05) is 30.2 Å². The van der Waals surface area contributed by atoms with E-state index in [9.17, 15) is 0 Å². The summed E-state index contributed by atoms with van der Waals surface area (Å²) in [6.45, 7) is 3.98. The van der Waals surface area contributed by atoms with Crippen LogP contribution in [-0.4, -0.2) is 37.2 Å². The number of nitrogens with zero attached hydrogens (tertiary/aromatic N) is 1. The zero-order valence-corrected chi connectivity index (χ0v) is 12.6. The third kappa shape index (κ3) is 3.11. The van der Waals surface area contributed by atoms with Crippen molar-refractivity contribution in [1.82, 2.24) is 4.90 Å². The molecule has 3 atom stereocenters. The molecular weight excluding hydrogens is 272 g/mol. The molecule has 0 amide bonds. The van der Waals surface area contributed by atoms with Crippen molar-refractivity contribution in [2.75, 3.05) is 26.2 Å². The third-order valence-electron chi connectivity index (χ3n) is 4.73. The van der Waals surface area contributed by atoms with Crippen LogP contribution in [0.3, 0.4) is 0 Å². The number of ether oxygens (including phenoxy) is 1. The highest BCUT2D eigenvalue weighted by Gasteiger charge is 2.38. The van der Waals surface area contributed by atoms with Crippen LogP contribution in [0.25, 0.3) is 0 Å². The number of benzene rings is 1. The normalized spacial score (nSPS) is 30.2. The average molecular weight is 295 g/mol. The van der Waals surface area contributed by atoms with Crippen LogP contribution >= 0.6 is 11.6 Å². The lowest BCUT2D eigenvalue weighted by atomic mass is 9.78. The molecule has 1 saturated carbocycles. The summed E-state index contributed by atoms with van der Waals surface area (Å²) >= 11 is 6.08. The molecule has 0 radical (unpaired) electrons. The molecule has 3 unspecified atom stereocenters. The van der Waals surface area contributed by atoms with Gasteiger partial charge in [0.1, 0.15) is 12.4 Å². The molecule has 2 aliphatic rings. The van der Waals surface area contributed by atoms with E-state index in [0.29, 0.717) is 23.6 Å². The number of fused-ring (bicyclic) bond motifs is 1. The Labute approximate surface area is 126 Å². The quantitative estimate of drug-likeness (QED) is 0.928. The summed E-state index contributed by atoms with van der Waals surface area (Å²) < 4.78 is 5.77. The summed E-state index contributed by atoms with van der Waals surface area (Å²) in [5, 5.41) is 0.685. The number of rotatable bonds is 4. The van der Waals surface area contributed by atoms with Gasteiger partial charge in [-0.2, -0.15) is 0 Å². The summed E-state index contributed by atoms with van der Waals surface area (Å²) in [4.78, 5) is 2.50. The monoisotopic (exact) mass is 294 g/mol. The fraction of sp³-hybridized carbons (Fsp3) is 0.625. The van der Waals surface area contributed by atoms with E-state index >= 15 is 0 Å². The van der Waals surface area contributed by atoms with Gasteiger partial charge in [0.25, 0.3) is 0 Å². The smallest absolute Gasteiger partial charge is 0.137 e. The van der Waals surface area contributed by atoms with Gasteiger partial charge in [-0.05, 0) is 36.8 Å². The van der Waals surface area contributed by atoms with Gasteiger partial charge in [0.15, 0.2) is 0 Å². The molecule has 3 nitrogen and oxygen atoms in total. The number of para-hydroxylation sites is 1. The highest BCUT2D eigenvalue weighted by molar-refractivity contribution is 6.32. The van der Waals surface area contributed by atoms with Crippen LogP contribution < -0.4 is 10.5 Å². The first-order valence-corrected chi connectivity index (χ1v) is 7.97. The molecule has 0 aromatic heterocycles. The van der Waals surface area contributed by atoms with Crippen molar-refractivity contribution in [2.24, 2.45) is 17.6 Å². The molecule has 2 N–H and O–H groups in total. The van der Waals surface area contributed by atoms with E-state index in [4.69, 9.17) is 22.1 Å². The summed E-state index contributed by atoms with van der Waals surface area (Å²) in [5.74, 6) is 2.28. The van der Waals surface area contributed by atoms with Gasteiger partial charge < -0.3 is 10.5 Å². The topological polar surface area (TPSA) is 38.5 Å². The van der Waals surface area contributed by atoms with E-state index in [1.807, 2.05) is 24.3 Å². The van der Waals surface area contributed by atoms with Crippen molar-refractivity contribution in [1.29, 1.82) is 0 Å². The molecule has 20 heavy (non-hydrogen) atoms. The predicted octanol–water partition coefficient (Wildman–Crippen LogP) is 2.78. The first-order valence-electron chi connectivity index (χ1n) is 7.59. The molecule has 1 aliphatic heterocycles. The molecule has 1 aromatic carbocycles. The minimum Gasteiger partial charge on any atom is -0.491 e. The Hall–Kier alpha value is -0.770. The lowest BCUT2D eigenvalue weighted by Crippen LogP contribution is -2.38. The zero-order chi connectivity index (χ0) is 13.9. The van der Waals surface area contributed by atoms with Gasteiger partial charge in [0, 0.05) is 25.7 Å². The highest BCUT2D eigenvalue weighted by Crippen LogP contribution is 2.35. The Bertz CT molecular complexity index is 454. The SMILES string of the molecule is NC1CCCC2CN(CCOc3ccccc3Cl)CC12. The third-order valence-corrected chi connectivity index (χ3v) is 5.04. The van der Waals surface area contributed by atoms with Crippen LogP contribution in [0.1, 0.15) is 19.3 Å². The second-order valence-corrected chi connectivity index (χ2v) is 6.46. The molecule has 1 aromatic rings. The molecule has 0 spiro atoms. The summed E-state index contributed by atoms with van der Waals surface area (Å²) in [6, 6.07) is 8.05. The highest BCUT2D eigenvalue weighted by atomic mass is 35.5. The number of likely N-dealkylation sites (tertiary alicyclic amines) is 1. The Balaban J connectivity index is 1.47. The molecule has 1 saturated heterocycles. The van der Waals surface area contributed by atoms with Gasteiger partial charge >= 0.3 is 0 Å². The van der Waals surface area contributed by atoms with E-state index in [0.717, 1.165) is 24.8 Å². The maximum atomic E-state index is 6.25. The lowest BCUT2D eigenvalue weighted by Gasteiger charge is -2.29. The van der Waals surface area contributed by atoms with Crippen LogP contribution in [0, 0.1) is 11.8 Å². The fourth-order valence-corrected chi connectivity index (χ4v) is 3.83. The summed E-state index contributed by atoms with van der Waals surface area (Å²) in [7, 11) is 0. The van der Waals surface area contributed by atoms with Crippen molar-refractivity contribution < 1.29 is 4.74 Å². The molecule has 3 rings (SSSR count). The number of halogens is 1. The second kappa shape index (κ2) is 6.33. The summed E-state index contributed by atoms with van der Waals surface area (Å²) in [6.07, 6.45) is 3.84.